The number of carbonyl (C=O) groups is 1. The first kappa shape index (κ1) is 23.4. The summed E-state index contributed by atoms with van der Waals surface area (Å²) in [5, 5.41) is 0. The quantitative estimate of drug-likeness (QED) is 0.311. The number of nitrogens with zero attached hydrogens (tertiary/aromatic N) is 4. The molecule has 2 fully saturated rings. The minimum atomic E-state index is -0.252. The van der Waals surface area contributed by atoms with Crippen molar-refractivity contribution in [2.45, 2.75) is 51.0 Å². The van der Waals surface area contributed by atoms with Crippen LogP contribution in [0.5, 0.6) is 0 Å². The Morgan fingerprint density at radius 1 is 0.974 bits per heavy atom. The Hall–Kier alpha value is -3.67. The fraction of sp³-hybridized carbons (Fsp3) is 0.375. The second-order valence-electron chi connectivity index (χ2n) is 11.2. The smallest absolute Gasteiger partial charge is 0.254 e. The summed E-state index contributed by atoms with van der Waals surface area (Å²) >= 11 is 0. The van der Waals surface area contributed by atoms with E-state index in [1.165, 1.54) is 11.1 Å². The lowest BCUT2D eigenvalue weighted by molar-refractivity contribution is 0.0677. The molecular weight excluding hydrogens is 475 g/mol. The second-order valence-corrected chi connectivity index (χ2v) is 11.2. The van der Waals surface area contributed by atoms with E-state index in [0.717, 1.165) is 67.5 Å². The van der Waals surface area contributed by atoms with Crippen LogP contribution in [0.15, 0.2) is 54.6 Å². The topological polar surface area (TPSA) is 41.4 Å². The van der Waals surface area contributed by atoms with Gasteiger partial charge in [0.25, 0.3) is 5.91 Å². The SMILES string of the molecule is C[C@@H]1c2ccccc2CCN1C(=O)c1cc(C2CC2)c2nc(-c3ccc(N4CCCC4)cc3F)n(C)c2c1. The molecule has 1 saturated heterocycles. The number of hydrogen-bond acceptors (Lipinski definition) is 3. The molecule has 194 valence electrons. The van der Waals surface area contributed by atoms with Gasteiger partial charge in [0.05, 0.1) is 22.6 Å². The summed E-state index contributed by atoms with van der Waals surface area (Å²) in [6.07, 6.45) is 5.38. The molecular formula is C32H33FN4O. The molecule has 0 bridgehead atoms. The predicted molar refractivity (Wildman–Crippen MR) is 149 cm³/mol. The normalized spacial score (nSPS) is 19.3. The van der Waals surface area contributed by atoms with Crippen molar-refractivity contribution in [3.63, 3.8) is 0 Å². The van der Waals surface area contributed by atoms with Gasteiger partial charge >= 0.3 is 0 Å². The zero-order valence-corrected chi connectivity index (χ0v) is 22.1. The number of halogens is 1. The molecule has 0 spiro atoms. The molecule has 0 radical (unpaired) electrons. The predicted octanol–water partition coefficient (Wildman–Crippen LogP) is 6.62. The monoisotopic (exact) mass is 508 g/mol. The molecule has 4 aromatic rings. The Balaban J connectivity index is 1.28. The number of anilines is 1. The number of rotatable bonds is 4. The van der Waals surface area contributed by atoms with Gasteiger partial charge in [-0.05, 0) is 92.0 Å². The Morgan fingerprint density at radius 3 is 2.53 bits per heavy atom. The molecule has 6 heteroatoms. The zero-order chi connectivity index (χ0) is 26.0. The van der Waals surface area contributed by atoms with Gasteiger partial charge in [-0.15, -0.1) is 0 Å². The van der Waals surface area contributed by atoms with Gasteiger partial charge in [0.15, 0.2) is 0 Å². The molecule has 1 saturated carbocycles. The molecule has 5 nitrogen and oxygen atoms in total. The van der Waals surface area contributed by atoms with Crippen LogP contribution in [0.1, 0.15) is 71.6 Å². The fourth-order valence-electron chi connectivity index (χ4n) is 6.46. The largest absolute Gasteiger partial charge is 0.371 e. The van der Waals surface area contributed by atoms with Gasteiger partial charge in [-0.1, -0.05) is 24.3 Å². The Morgan fingerprint density at radius 2 is 1.76 bits per heavy atom. The summed E-state index contributed by atoms with van der Waals surface area (Å²) in [4.78, 5) is 23.1. The fourth-order valence-corrected chi connectivity index (χ4v) is 6.46. The van der Waals surface area contributed by atoms with Crippen LogP contribution in [0.25, 0.3) is 22.4 Å². The van der Waals surface area contributed by atoms with E-state index in [-0.39, 0.29) is 17.8 Å². The third-order valence-electron chi connectivity index (χ3n) is 8.80. The Labute approximate surface area is 222 Å². The van der Waals surface area contributed by atoms with Crippen molar-refractivity contribution < 1.29 is 9.18 Å². The third kappa shape index (κ3) is 3.80. The van der Waals surface area contributed by atoms with Crippen LogP contribution in [0.4, 0.5) is 10.1 Å². The highest BCUT2D eigenvalue weighted by Crippen LogP contribution is 2.44. The molecule has 1 amide bonds. The van der Waals surface area contributed by atoms with Crippen molar-refractivity contribution >= 4 is 22.6 Å². The van der Waals surface area contributed by atoms with E-state index in [9.17, 15) is 4.79 Å². The number of hydrogen-bond donors (Lipinski definition) is 0. The average molecular weight is 509 g/mol. The van der Waals surface area contributed by atoms with Crippen LogP contribution in [0.2, 0.25) is 0 Å². The van der Waals surface area contributed by atoms with Gasteiger partial charge in [-0.25, -0.2) is 9.37 Å². The molecule has 0 N–H and O–H groups in total. The van der Waals surface area contributed by atoms with Crippen molar-refractivity contribution in [3.8, 4) is 11.4 Å². The third-order valence-corrected chi connectivity index (χ3v) is 8.80. The maximum atomic E-state index is 15.4. The van der Waals surface area contributed by atoms with Crippen molar-refractivity contribution in [2.24, 2.45) is 7.05 Å². The minimum Gasteiger partial charge on any atom is -0.371 e. The lowest BCUT2D eigenvalue weighted by Gasteiger charge is -2.35. The van der Waals surface area contributed by atoms with E-state index < -0.39 is 0 Å². The van der Waals surface area contributed by atoms with Gasteiger partial charge in [0.1, 0.15) is 11.6 Å². The molecule has 38 heavy (non-hydrogen) atoms. The van der Waals surface area contributed by atoms with E-state index in [4.69, 9.17) is 4.98 Å². The van der Waals surface area contributed by atoms with E-state index >= 15 is 4.39 Å². The second kappa shape index (κ2) is 8.97. The van der Waals surface area contributed by atoms with Crippen LogP contribution >= 0.6 is 0 Å². The van der Waals surface area contributed by atoms with Crippen molar-refractivity contribution in [1.29, 1.82) is 0 Å². The van der Waals surface area contributed by atoms with Gasteiger partial charge in [0.2, 0.25) is 0 Å². The Kier molecular flexibility index (Phi) is 5.53. The molecule has 1 aromatic heterocycles. The Bertz CT molecular complexity index is 1560. The zero-order valence-electron chi connectivity index (χ0n) is 22.1. The van der Waals surface area contributed by atoms with Crippen LogP contribution in [0, 0.1) is 5.82 Å². The van der Waals surface area contributed by atoms with Crippen molar-refractivity contribution in [2.75, 3.05) is 24.5 Å². The lowest BCUT2D eigenvalue weighted by Crippen LogP contribution is -2.38. The van der Waals surface area contributed by atoms with Gasteiger partial charge in [-0.3, -0.25) is 4.79 Å². The molecule has 3 heterocycles. The van der Waals surface area contributed by atoms with Gasteiger partial charge in [-0.2, -0.15) is 0 Å². The standard InChI is InChI=1S/C32H33FN4O/c1-20-25-8-4-3-7-21(25)13-16-37(20)32(38)23-17-27(22-9-10-22)30-29(18-23)35(2)31(34-30)26-12-11-24(19-28(26)33)36-14-5-6-15-36/h3-4,7-8,11-12,17-20,22H,5-6,9-10,13-16H2,1-2H3/t20-/m1/s1. The minimum absolute atomic E-state index is 0.0258. The van der Waals surface area contributed by atoms with E-state index in [2.05, 4.69) is 42.2 Å². The van der Waals surface area contributed by atoms with Crippen LogP contribution in [-0.2, 0) is 13.5 Å². The number of benzene rings is 3. The van der Waals surface area contributed by atoms with E-state index in [1.807, 2.05) is 34.7 Å². The highest BCUT2D eigenvalue weighted by atomic mass is 19.1. The molecule has 2 aliphatic heterocycles. The summed E-state index contributed by atoms with van der Waals surface area (Å²) in [6, 6.07) is 18.0. The molecule has 1 atom stereocenters. The average Bonchev–Trinajstić information content (AvgIpc) is 3.53. The van der Waals surface area contributed by atoms with Crippen LogP contribution in [-0.4, -0.2) is 40.0 Å². The number of carbonyl (C=O) groups excluding carboxylic acids is 1. The van der Waals surface area contributed by atoms with E-state index in [1.54, 1.807) is 6.07 Å². The molecule has 7 rings (SSSR count). The summed E-state index contributed by atoms with van der Waals surface area (Å²) in [5.74, 6) is 0.824. The lowest BCUT2D eigenvalue weighted by atomic mass is 9.92. The number of fused-ring (bicyclic) bond motifs is 2. The first-order valence-electron chi connectivity index (χ1n) is 13.9. The number of aryl methyl sites for hydroxylation is 1. The first-order valence-corrected chi connectivity index (χ1v) is 13.9. The maximum absolute atomic E-state index is 15.4. The first-order chi connectivity index (χ1) is 18.5. The molecule has 0 unspecified atom stereocenters. The number of amides is 1. The molecule has 3 aromatic carbocycles. The van der Waals surface area contributed by atoms with Crippen LogP contribution in [0.3, 0.4) is 0 Å². The summed E-state index contributed by atoms with van der Waals surface area (Å²) < 4.78 is 17.4. The number of imidazole rings is 1. The van der Waals surface area contributed by atoms with Gasteiger partial charge in [0, 0.05) is 37.9 Å². The number of aromatic nitrogens is 2. The van der Waals surface area contributed by atoms with Crippen molar-refractivity contribution in [3.05, 3.63) is 82.7 Å². The highest BCUT2D eigenvalue weighted by Gasteiger charge is 2.32. The van der Waals surface area contributed by atoms with Crippen LogP contribution < -0.4 is 4.90 Å². The van der Waals surface area contributed by atoms with Gasteiger partial charge < -0.3 is 14.4 Å². The van der Waals surface area contributed by atoms with E-state index in [0.29, 0.717) is 29.4 Å². The van der Waals surface area contributed by atoms with Crippen molar-refractivity contribution in [1.82, 2.24) is 14.5 Å². The summed E-state index contributed by atoms with van der Waals surface area (Å²) in [7, 11) is 1.93. The molecule has 3 aliphatic rings. The molecule has 1 aliphatic carbocycles. The maximum Gasteiger partial charge on any atom is 0.254 e. The summed E-state index contributed by atoms with van der Waals surface area (Å²) in [5.41, 5.74) is 7.59. The summed E-state index contributed by atoms with van der Waals surface area (Å²) in [6.45, 7) is 4.79. The highest BCUT2D eigenvalue weighted by molar-refractivity contribution is 5.99.